The molecule has 2 aromatic rings. The number of carbonyl (C=O) groups excluding carboxylic acids is 1. The first-order valence-electron chi connectivity index (χ1n) is 6.93. The van der Waals surface area contributed by atoms with Crippen molar-refractivity contribution in [1.29, 1.82) is 0 Å². The van der Waals surface area contributed by atoms with Gasteiger partial charge < -0.3 is 10.1 Å². The molecule has 1 amide bonds. The predicted octanol–water partition coefficient (Wildman–Crippen LogP) is 5.24. The van der Waals surface area contributed by atoms with E-state index in [1.807, 2.05) is 18.2 Å². The smallest absolute Gasteiger partial charge is 0.262 e. The lowest BCUT2D eigenvalue weighted by atomic mass is 10.0. The number of amides is 1. The summed E-state index contributed by atoms with van der Waals surface area (Å²) >= 11 is 9.26. The largest absolute Gasteiger partial charge is 0.483 e. The molecule has 0 fully saturated rings. The van der Waals surface area contributed by atoms with Gasteiger partial charge in [-0.25, -0.2) is 0 Å². The first-order valence-corrected chi connectivity index (χ1v) is 8.10. The molecule has 116 valence electrons. The van der Waals surface area contributed by atoms with Gasteiger partial charge >= 0.3 is 0 Å². The van der Waals surface area contributed by atoms with Crippen LogP contribution in [0.3, 0.4) is 0 Å². The van der Waals surface area contributed by atoms with Gasteiger partial charge in [0.05, 0.1) is 0 Å². The molecule has 3 nitrogen and oxygen atoms in total. The minimum absolute atomic E-state index is 0.0377. The van der Waals surface area contributed by atoms with E-state index in [-0.39, 0.29) is 12.5 Å². The molecule has 2 rings (SSSR count). The first kappa shape index (κ1) is 16.8. The molecular formula is C17H17BrClNO2. The van der Waals surface area contributed by atoms with Gasteiger partial charge in [0.25, 0.3) is 5.91 Å². The van der Waals surface area contributed by atoms with Gasteiger partial charge in [0, 0.05) is 15.2 Å². The Labute approximate surface area is 143 Å². The minimum atomic E-state index is -0.208. The summed E-state index contributed by atoms with van der Waals surface area (Å²) in [7, 11) is 0. The van der Waals surface area contributed by atoms with Gasteiger partial charge in [0.2, 0.25) is 0 Å². The molecule has 5 heteroatoms. The van der Waals surface area contributed by atoms with Crippen molar-refractivity contribution in [3.05, 3.63) is 57.5 Å². The molecule has 0 bridgehead atoms. The second kappa shape index (κ2) is 7.65. The average molecular weight is 383 g/mol. The van der Waals surface area contributed by atoms with E-state index in [0.717, 1.165) is 15.8 Å². The van der Waals surface area contributed by atoms with E-state index in [2.05, 4.69) is 35.1 Å². The van der Waals surface area contributed by atoms with Crippen molar-refractivity contribution >= 4 is 39.1 Å². The highest BCUT2D eigenvalue weighted by molar-refractivity contribution is 9.10. The van der Waals surface area contributed by atoms with Crippen LogP contribution in [0, 0.1) is 0 Å². The van der Waals surface area contributed by atoms with Crippen LogP contribution in [0.4, 0.5) is 5.69 Å². The summed E-state index contributed by atoms with van der Waals surface area (Å²) in [6, 6.07) is 12.7. The predicted molar refractivity (Wildman–Crippen MR) is 93.8 cm³/mol. The average Bonchev–Trinajstić information content (AvgIpc) is 2.48. The van der Waals surface area contributed by atoms with Gasteiger partial charge in [-0.15, -0.1) is 0 Å². The summed E-state index contributed by atoms with van der Waals surface area (Å²) in [6.07, 6.45) is 0. The van der Waals surface area contributed by atoms with Crippen LogP contribution < -0.4 is 10.1 Å². The number of anilines is 1. The molecular weight excluding hydrogens is 366 g/mol. The SMILES string of the molecule is CC(C)c1cc(Br)ccc1OCC(=O)Nc1ccc(Cl)cc1. The highest BCUT2D eigenvalue weighted by Crippen LogP contribution is 2.29. The van der Waals surface area contributed by atoms with Crippen LogP contribution in [-0.2, 0) is 4.79 Å². The standard InChI is InChI=1S/C17H17BrClNO2/c1-11(2)15-9-12(18)3-8-16(15)22-10-17(21)20-14-6-4-13(19)5-7-14/h3-9,11H,10H2,1-2H3,(H,20,21). The molecule has 0 aromatic heterocycles. The zero-order valence-electron chi connectivity index (χ0n) is 12.4. The normalized spacial score (nSPS) is 10.6. The lowest BCUT2D eigenvalue weighted by Crippen LogP contribution is -2.20. The molecule has 0 saturated carbocycles. The molecule has 0 aliphatic rings. The molecule has 1 N–H and O–H groups in total. The highest BCUT2D eigenvalue weighted by atomic mass is 79.9. The summed E-state index contributed by atoms with van der Waals surface area (Å²) in [5, 5.41) is 3.40. The summed E-state index contributed by atoms with van der Waals surface area (Å²) in [4.78, 5) is 11.9. The van der Waals surface area contributed by atoms with Gasteiger partial charge in [-0.1, -0.05) is 41.4 Å². The molecule has 0 spiro atoms. The van der Waals surface area contributed by atoms with Crippen molar-refractivity contribution in [1.82, 2.24) is 0 Å². The third-order valence-corrected chi connectivity index (χ3v) is 3.83. The molecule has 22 heavy (non-hydrogen) atoms. The number of hydrogen-bond donors (Lipinski definition) is 1. The third-order valence-electron chi connectivity index (χ3n) is 3.08. The fourth-order valence-corrected chi connectivity index (χ4v) is 2.48. The van der Waals surface area contributed by atoms with Crippen molar-refractivity contribution in [3.8, 4) is 5.75 Å². The first-order chi connectivity index (χ1) is 10.5. The Kier molecular flexibility index (Phi) is 5.86. The number of rotatable bonds is 5. The second-order valence-electron chi connectivity index (χ2n) is 5.18. The van der Waals surface area contributed by atoms with Crippen molar-refractivity contribution < 1.29 is 9.53 Å². The molecule has 0 atom stereocenters. The van der Waals surface area contributed by atoms with Crippen molar-refractivity contribution in [3.63, 3.8) is 0 Å². The van der Waals surface area contributed by atoms with Crippen molar-refractivity contribution in [2.75, 3.05) is 11.9 Å². The number of carbonyl (C=O) groups is 1. The Morgan fingerprint density at radius 1 is 1.23 bits per heavy atom. The lowest BCUT2D eigenvalue weighted by molar-refractivity contribution is -0.118. The van der Waals surface area contributed by atoms with Gasteiger partial charge in [-0.3, -0.25) is 4.79 Å². The van der Waals surface area contributed by atoms with E-state index < -0.39 is 0 Å². The number of hydrogen-bond acceptors (Lipinski definition) is 2. The highest BCUT2D eigenvalue weighted by Gasteiger charge is 2.10. The lowest BCUT2D eigenvalue weighted by Gasteiger charge is -2.14. The zero-order valence-corrected chi connectivity index (χ0v) is 14.7. The third kappa shape index (κ3) is 4.75. The van der Waals surface area contributed by atoms with Gasteiger partial charge in [0.1, 0.15) is 5.75 Å². The van der Waals surface area contributed by atoms with Crippen LogP contribution >= 0.6 is 27.5 Å². The van der Waals surface area contributed by atoms with Crippen LogP contribution in [0.15, 0.2) is 46.9 Å². The maximum absolute atomic E-state index is 11.9. The minimum Gasteiger partial charge on any atom is -0.483 e. The number of benzene rings is 2. The van der Waals surface area contributed by atoms with Gasteiger partial charge in [-0.05, 0) is 53.9 Å². The maximum Gasteiger partial charge on any atom is 0.262 e. The fraction of sp³-hybridized carbons (Fsp3) is 0.235. The summed E-state index contributed by atoms with van der Waals surface area (Å²) < 4.78 is 6.65. The van der Waals surface area contributed by atoms with E-state index >= 15 is 0 Å². The van der Waals surface area contributed by atoms with E-state index in [1.54, 1.807) is 24.3 Å². The topological polar surface area (TPSA) is 38.3 Å². The van der Waals surface area contributed by atoms with Crippen LogP contribution in [-0.4, -0.2) is 12.5 Å². The quantitative estimate of drug-likeness (QED) is 0.767. The van der Waals surface area contributed by atoms with Crippen molar-refractivity contribution in [2.45, 2.75) is 19.8 Å². The molecule has 2 aromatic carbocycles. The summed E-state index contributed by atoms with van der Waals surface area (Å²) in [5.41, 5.74) is 1.76. The van der Waals surface area contributed by atoms with Crippen LogP contribution in [0.25, 0.3) is 0 Å². The Bertz CT molecular complexity index is 656. The zero-order chi connectivity index (χ0) is 16.1. The van der Waals surface area contributed by atoms with Crippen molar-refractivity contribution in [2.24, 2.45) is 0 Å². The fourth-order valence-electron chi connectivity index (χ4n) is 1.98. The molecule has 0 heterocycles. The summed E-state index contributed by atoms with van der Waals surface area (Å²) in [6.45, 7) is 4.13. The van der Waals surface area contributed by atoms with Gasteiger partial charge in [0.15, 0.2) is 6.61 Å². The Morgan fingerprint density at radius 2 is 1.91 bits per heavy atom. The monoisotopic (exact) mass is 381 g/mol. The Hall–Kier alpha value is -1.52. The number of nitrogens with one attached hydrogen (secondary N) is 1. The molecule has 0 aliphatic carbocycles. The van der Waals surface area contributed by atoms with Crippen LogP contribution in [0.1, 0.15) is 25.3 Å². The molecule has 0 radical (unpaired) electrons. The number of ether oxygens (including phenoxy) is 1. The van der Waals surface area contributed by atoms with E-state index in [1.165, 1.54) is 0 Å². The maximum atomic E-state index is 11.9. The van der Waals surface area contributed by atoms with Gasteiger partial charge in [-0.2, -0.15) is 0 Å². The number of halogens is 2. The van der Waals surface area contributed by atoms with E-state index in [4.69, 9.17) is 16.3 Å². The molecule has 0 unspecified atom stereocenters. The van der Waals surface area contributed by atoms with E-state index in [0.29, 0.717) is 16.6 Å². The molecule has 0 aliphatic heterocycles. The second-order valence-corrected chi connectivity index (χ2v) is 6.53. The van der Waals surface area contributed by atoms with E-state index in [9.17, 15) is 4.79 Å². The Morgan fingerprint density at radius 3 is 2.55 bits per heavy atom. The molecule has 0 saturated heterocycles. The van der Waals surface area contributed by atoms with Crippen LogP contribution in [0.2, 0.25) is 5.02 Å². The summed E-state index contributed by atoms with van der Waals surface area (Å²) in [5.74, 6) is 0.830. The van der Waals surface area contributed by atoms with Crippen LogP contribution in [0.5, 0.6) is 5.75 Å². The Balaban J connectivity index is 1.98.